The molecule has 78 valence electrons. The lowest BCUT2D eigenvalue weighted by Gasteiger charge is -2.09. The topological polar surface area (TPSA) is 97.2 Å². The predicted octanol–water partition coefficient (Wildman–Crippen LogP) is 0.658. The van der Waals surface area contributed by atoms with Crippen LogP contribution in [0.2, 0.25) is 0 Å². The van der Waals surface area contributed by atoms with Gasteiger partial charge in [0.2, 0.25) is 5.92 Å². The Morgan fingerprint density at radius 3 is 2.50 bits per heavy atom. The van der Waals surface area contributed by atoms with Crippen LogP contribution < -0.4 is 5.43 Å². The molecule has 0 saturated carbocycles. The van der Waals surface area contributed by atoms with Gasteiger partial charge in [0.1, 0.15) is 0 Å². The summed E-state index contributed by atoms with van der Waals surface area (Å²) in [6.45, 7) is 0. The standard InChI is InChI=1S/C10H8N6/c11-14-8-6-13-16-10(15-12)9(8)7-4-2-1-3-5-7/h1-6,9,16H. The van der Waals surface area contributed by atoms with Gasteiger partial charge in [-0.1, -0.05) is 35.4 Å². The molecule has 1 heterocycles. The van der Waals surface area contributed by atoms with E-state index in [1.807, 2.05) is 30.3 Å². The molecule has 0 amide bonds. The highest BCUT2D eigenvalue weighted by atomic mass is 15.3. The van der Waals surface area contributed by atoms with Crippen LogP contribution in [-0.2, 0) is 0 Å². The van der Waals surface area contributed by atoms with E-state index >= 15 is 0 Å². The molecule has 1 aliphatic heterocycles. The average Bonchev–Trinajstić information content (AvgIpc) is 2.38. The lowest BCUT2D eigenvalue weighted by molar-refractivity contribution is -0.0218. The van der Waals surface area contributed by atoms with Crippen LogP contribution in [0.4, 0.5) is 0 Å². The summed E-state index contributed by atoms with van der Waals surface area (Å²) >= 11 is 0. The zero-order valence-corrected chi connectivity index (χ0v) is 8.28. The molecule has 1 atom stereocenters. The third-order valence-electron chi connectivity index (χ3n) is 2.30. The smallest absolute Gasteiger partial charge is 0.371 e. The lowest BCUT2D eigenvalue weighted by Crippen LogP contribution is -2.37. The maximum atomic E-state index is 8.87. The van der Waals surface area contributed by atoms with Crippen molar-refractivity contribution in [1.29, 1.82) is 0 Å². The van der Waals surface area contributed by atoms with E-state index in [0.29, 0.717) is 5.71 Å². The molecule has 0 spiro atoms. The highest BCUT2D eigenvalue weighted by Gasteiger charge is 2.38. The minimum absolute atomic E-state index is 0.224. The van der Waals surface area contributed by atoms with Crippen molar-refractivity contribution in [2.24, 2.45) is 5.10 Å². The first-order valence-corrected chi connectivity index (χ1v) is 4.64. The van der Waals surface area contributed by atoms with Crippen molar-refractivity contribution in [2.75, 3.05) is 0 Å². The van der Waals surface area contributed by atoms with Crippen LogP contribution >= 0.6 is 0 Å². The van der Waals surface area contributed by atoms with Gasteiger partial charge in [-0.15, -0.1) is 5.43 Å². The van der Waals surface area contributed by atoms with Gasteiger partial charge in [0.25, 0.3) is 0 Å². The number of rotatable bonds is 1. The second-order valence-corrected chi connectivity index (χ2v) is 3.22. The first-order chi connectivity index (χ1) is 7.86. The molecule has 6 heteroatoms. The zero-order chi connectivity index (χ0) is 11.4. The fourth-order valence-corrected chi connectivity index (χ4v) is 1.58. The maximum Gasteiger partial charge on any atom is 0.371 e. The van der Waals surface area contributed by atoms with Gasteiger partial charge in [-0.25, -0.2) is 0 Å². The van der Waals surface area contributed by atoms with Crippen molar-refractivity contribution in [2.45, 2.75) is 5.92 Å². The van der Waals surface area contributed by atoms with Crippen molar-refractivity contribution < 1.29 is 9.58 Å². The number of amidine groups is 1. The number of hydrogen-bond acceptors (Lipinski definition) is 1. The highest BCUT2D eigenvalue weighted by molar-refractivity contribution is 6.37. The minimum Gasteiger partial charge on any atom is -0.497 e. The third-order valence-corrected chi connectivity index (χ3v) is 2.30. The van der Waals surface area contributed by atoms with Gasteiger partial charge >= 0.3 is 11.5 Å². The Bertz CT molecular complexity index is 520. The van der Waals surface area contributed by atoms with E-state index in [1.54, 1.807) is 0 Å². The number of hydrogen-bond donors (Lipinski definition) is 1. The summed E-state index contributed by atoms with van der Waals surface area (Å²) in [5.41, 5.74) is 21.4. The summed E-state index contributed by atoms with van der Waals surface area (Å²) in [5.74, 6) is -0.213. The quantitative estimate of drug-likeness (QED) is 0.536. The summed E-state index contributed by atoms with van der Waals surface area (Å²) in [5, 5.41) is 3.70. The van der Waals surface area contributed by atoms with E-state index in [9.17, 15) is 0 Å². The number of hydrazone groups is 1. The molecule has 1 aromatic carbocycles. The van der Waals surface area contributed by atoms with Crippen LogP contribution in [0.1, 0.15) is 11.5 Å². The van der Waals surface area contributed by atoms with E-state index in [0.717, 1.165) is 5.56 Å². The molecule has 1 N–H and O–H groups in total. The Kier molecular flexibility index (Phi) is 2.69. The number of benzene rings is 1. The second kappa shape index (κ2) is 4.31. The van der Waals surface area contributed by atoms with Gasteiger partial charge in [-0.2, -0.15) is 4.79 Å². The van der Waals surface area contributed by atoms with Crippen molar-refractivity contribution >= 4 is 17.8 Å². The Morgan fingerprint density at radius 2 is 1.88 bits per heavy atom. The molecule has 0 aliphatic carbocycles. The van der Waals surface area contributed by atoms with Crippen LogP contribution in [0.3, 0.4) is 0 Å². The van der Waals surface area contributed by atoms with Gasteiger partial charge in [0.15, 0.2) is 6.21 Å². The van der Waals surface area contributed by atoms with E-state index in [1.165, 1.54) is 6.21 Å². The van der Waals surface area contributed by atoms with E-state index in [-0.39, 0.29) is 5.84 Å². The summed E-state index contributed by atoms with van der Waals surface area (Å²) < 4.78 is 0. The molecule has 0 radical (unpaired) electrons. The molecule has 16 heavy (non-hydrogen) atoms. The van der Waals surface area contributed by atoms with Gasteiger partial charge in [0.05, 0.1) is 0 Å². The monoisotopic (exact) mass is 212 g/mol. The van der Waals surface area contributed by atoms with Crippen molar-refractivity contribution in [3.8, 4) is 0 Å². The molecule has 1 aliphatic rings. The zero-order valence-electron chi connectivity index (χ0n) is 8.28. The average molecular weight is 212 g/mol. The molecule has 1 aromatic rings. The third kappa shape index (κ3) is 1.66. The summed E-state index contributed by atoms with van der Waals surface area (Å²) in [6.07, 6.45) is 1.38. The Morgan fingerprint density at radius 1 is 1.12 bits per heavy atom. The van der Waals surface area contributed by atoms with E-state index in [4.69, 9.17) is 11.1 Å². The largest absolute Gasteiger partial charge is 0.497 e. The Labute approximate surface area is 91.5 Å². The molecular formula is C10H8N6. The molecule has 0 fully saturated rings. The first-order valence-electron chi connectivity index (χ1n) is 4.64. The predicted molar refractivity (Wildman–Crippen MR) is 58.1 cm³/mol. The van der Waals surface area contributed by atoms with Gasteiger partial charge in [0, 0.05) is 0 Å². The SMILES string of the molecule is [N-]=[N+]=C1C=NNC(=[N+]=[N-])C1c1ccccc1. The summed E-state index contributed by atoms with van der Waals surface area (Å²) in [6, 6.07) is 9.28. The number of nitrogens with zero attached hydrogens (tertiary/aromatic N) is 5. The van der Waals surface area contributed by atoms with Crippen molar-refractivity contribution in [1.82, 2.24) is 5.43 Å². The van der Waals surface area contributed by atoms with Gasteiger partial charge < -0.3 is 15.9 Å². The van der Waals surface area contributed by atoms with Crippen LogP contribution in [0.5, 0.6) is 0 Å². The maximum absolute atomic E-state index is 8.87. The fraction of sp³-hybridized carbons (Fsp3) is 0.100. The molecule has 6 nitrogen and oxygen atoms in total. The van der Waals surface area contributed by atoms with E-state index in [2.05, 4.69) is 20.1 Å². The van der Waals surface area contributed by atoms with E-state index < -0.39 is 5.92 Å². The minimum atomic E-state index is -0.436. The molecular weight excluding hydrogens is 204 g/mol. The molecule has 0 aromatic heterocycles. The second-order valence-electron chi connectivity index (χ2n) is 3.22. The summed E-state index contributed by atoms with van der Waals surface area (Å²) in [7, 11) is 0. The Hall–Kier alpha value is -2.55. The fourth-order valence-electron chi connectivity index (χ4n) is 1.58. The summed E-state index contributed by atoms with van der Waals surface area (Å²) in [4.78, 5) is 6.24. The first kappa shape index (κ1) is 9.98. The van der Waals surface area contributed by atoms with Crippen LogP contribution in [0, 0.1) is 0 Å². The molecule has 0 bridgehead atoms. The van der Waals surface area contributed by atoms with Crippen LogP contribution in [-0.4, -0.2) is 27.3 Å². The van der Waals surface area contributed by atoms with Gasteiger partial charge in [-0.05, 0) is 5.56 Å². The van der Waals surface area contributed by atoms with Crippen LogP contribution in [0.25, 0.3) is 11.1 Å². The number of nitrogens with one attached hydrogen (secondary N) is 1. The highest BCUT2D eigenvalue weighted by Crippen LogP contribution is 2.17. The van der Waals surface area contributed by atoms with Gasteiger partial charge in [-0.3, -0.25) is 0 Å². The van der Waals surface area contributed by atoms with Crippen molar-refractivity contribution in [3.63, 3.8) is 0 Å². The molecule has 2 rings (SSSR count). The molecule has 0 saturated heterocycles. The molecule has 1 unspecified atom stereocenters. The van der Waals surface area contributed by atoms with Crippen LogP contribution in [0.15, 0.2) is 35.4 Å². The Balaban J connectivity index is 2.55. The van der Waals surface area contributed by atoms with Crippen molar-refractivity contribution in [3.05, 3.63) is 47.0 Å². The lowest BCUT2D eigenvalue weighted by atomic mass is 9.93. The normalized spacial score (nSPS) is 18.6.